The fourth-order valence-corrected chi connectivity index (χ4v) is 4.99. The molecule has 5 heteroatoms. The summed E-state index contributed by atoms with van der Waals surface area (Å²) >= 11 is 0. The minimum absolute atomic E-state index is 0.0138. The molecule has 0 radical (unpaired) electrons. The lowest BCUT2D eigenvalue weighted by molar-refractivity contribution is -0.150. The van der Waals surface area contributed by atoms with E-state index in [-0.39, 0.29) is 24.2 Å². The summed E-state index contributed by atoms with van der Waals surface area (Å²) < 4.78 is 11.9. The van der Waals surface area contributed by atoms with Crippen molar-refractivity contribution in [2.24, 2.45) is 10.9 Å². The number of rotatable bonds is 4. The summed E-state index contributed by atoms with van der Waals surface area (Å²) in [6.07, 6.45) is 10.0. The number of hydrogen-bond donors (Lipinski definition) is 0. The van der Waals surface area contributed by atoms with Crippen LogP contribution in [0.25, 0.3) is 0 Å². The number of carbonyl (C=O) groups is 1. The largest absolute Gasteiger partial charge is 0.472 e. The summed E-state index contributed by atoms with van der Waals surface area (Å²) in [6, 6.07) is 0.774. The maximum atomic E-state index is 12.6. The zero-order valence-electron chi connectivity index (χ0n) is 15.4. The first kappa shape index (κ1) is 17.1. The molecule has 2 aliphatic heterocycles. The van der Waals surface area contributed by atoms with Crippen LogP contribution in [-0.2, 0) is 14.3 Å². The van der Waals surface area contributed by atoms with E-state index in [0.29, 0.717) is 23.4 Å². The summed E-state index contributed by atoms with van der Waals surface area (Å²) in [7, 11) is 0. The summed E-state index contributed by atoms with van der Waals surface area (Å²) in [5.74, 6) is 0.624. The summed E-state index contributed by atoms with van der Waals surface area (Å²) in [6.45, 7) is 6.52. The fourth-order valence-electron chi connectivity index (χ4n) is 4.99. The Morgan fingerprint density at radius 2 is 1.88 bits per heavy atom. The Morgan fingerprint density at radius 1 is 1.08 bits per heavy atom. The predicted octanol–water partition coefficient (Wildman–Crippen LogP) is 3.09. The molecule has 0 aromatic rings. The molecule has 5 unspecified atom stereocenters. The number of ether oxygens (including phenoxy) is 2. The number of fused-ring (bicyclic) bond motifs is 2. The molecule has 4 rings (SSSR count). The highest BCUT2D eigenvalue weighted by Gasteiger charge is 2.42. The summed E-state index contributed by atoms with van der Waals surface area (Å²) in [5.41, 5.74) is 0.580. The molecule has 25 heavy (non-hydrogen) atoms. The van der Waals surface area contributed by atoms with Crippen LogP contribution in [0.15, 0.2) is 16.6 Å². The molecule has 0 saturated heterocycles. The van der Waals surface area contributed by atoms with Crippen molar-refractivity contribution >= 4 is 11.9 Å². The van der Waals surface area contributed by atoms with Crippen LogP contribution in [0.4, 0.5) is 0 Å². The topological polar surface area (TPSA) is 51.1 Å². The van der Waals surface area contributed by atoms with Gasteiger partial charge in [0.05, 0.1) is 6.04 Å². The Bertz CT molecular complexity index is 581. The predicted molar refractivity (Wildman–Crippen MR) is 96.6 cm³/mol. The van der Waals surface area contributed by atoms with E-state index in [1.165, 1.54) is 19.3 Å². The highest BCUT2D eigenvalue weighted by atomic mass is 16.6. The van der Waals surface area contributed by atoms with Crippen LogP contribution in [0.1, 0.15) is 58.8 Å². The van der Waals surface area contributed by atoms with Gasteiger partial charge in [-0.05, 0) is 45.2 Å². The van der Waals surface area contributed by atoms with Crippen molar-refractivity contribution in [1.29, 1.82) is 0 Å². The third kappa shape index (κ3) is 3.23. The summed E-state index contributed by atoms with van der Waals surface area (Å²) in [5, 5.41) is 0. The van der Waals surface area contributed by atoms with Crippen molar-refractivity contribution in [3.63, 3.8) is 0 Å². The molecule has 5 nitrogen and oxygen atoms in total. The smallest absolute Gasteiger partial charge is 0.343 e. The molecule has 0 spiro atoms. The Hall–Kier alpha value is -1.36. The van der Waals surface area contributed by atoms with Gasteiger partial charge in [-0.1, -0.05) is 26.3 Å². The highest BCUT2D eigenvalue weighted by molar-refractivity contribution is 6.17. The first-order valence-corrected chi connectivity index (χ1v) is 10.1. The minimum atomic E-state index is -0.237. The average Bonchev–Trinajstić information content (AvgIpc) is 3.06. The lowest BCUT2D eigenvalue weighted by Gasteiger charge is -2.41. The molecule has 0 N–H and O–H groups in total. The van der Waals surface area contributed by atoms with Crippen molar-refractivity contribution in [3.05, 3.63) is 11.6 Å². The van der Waals surface area contributed by atoms with E-state index >= 15 is 0 Å². The maximum Gasteiger partial charge on any atom is 0.343 e. The molecule has 138 valence electrons. The van der Waals surface area contributed by atoms with E-state index in [1.54, 1.807) is 0 Å². The zero-order chi connectivity index (χ0) is 17.4. The third-order valence-corrected chi connectivity index (χ3v) is 6.45. The molecular formula is C20H30N2O3. The monoisotopic (exact) mass is 346 g/mol. The van der Waals surface area contributed by atoms with Gasteiger partial charge in [0.2, 0.25) is 5.90 Å². The van der Waals surface area contributed by atoms with Crippen LogP contribution in [-0.4, -0.2) is 54.1 Å². The Kier molecular flexibility index (Phi) is 4.85. The molecule has 0 aromatic carbocycles. The van der Waals surface area contributed by atoms with Crippen molar-refractivity contribution < 1.29 is 14.3 Å². The molecule has 0 bridgehead atoms. The van der Waals surface area contributed by atoms with E-state index in [0.717, 1.165) is 38.8 Å². The normalized spacial score (nSPS) is 37.6. The van der Waals surface area contributed by atoms with Gasteiger partial charge in [0.15, 0.2) is 0 Å². The highest BCUT2D eigenvalue weighted by Crippen LogP contribution is 2.37. The SMILES string of the molecule is CCN(CC)C1CCC2C=C(C3=NC4CCCCC4O3)C(=O)OC2C1. The van der Waals surface area contributed by atoms with Crippen molar-refractivity contribution in [3.8, 4) is 0 Å². The van der Waals surface area contributed by atoms with Crippen LogP contribution in [0.2, 0.25) is 0 Å². The number of esters is 1. The van der Waals surface area contributed by atoms with Gasteiger partial charge >= 0.3 is 5.97 Å². The van der Waals surface area contributed by atoms with Crippen LogP contribution in [0.5, 0.6) is 0 Å². The first-order valence-electron chi connectivity index (χ1n) is 10.1. The first-order chi connectivity index (χ1) is 12.2. The summed E-state index contributed by atoms with van der Waals surface area (Å²) in [4.78, 5) is 19.8. The minimum Gasteiger partial charge on any atom is -0.472 e. The number of carbonyl (C=O) groups excluding carboxylic acids is 1. The lowest BCUT2D eigenvalue weighted by Crippen LogP contribution is -2.46. The van der Waals surface area contributed by atoms with Crippen LogP contribution < -0.4 is 0 Å². The molecule has 2 saturated carbocycles. The van der Waals surface area contributed by atoms with Crippen molar-refractivity contribution in [2.75, 3.05) is 13.1 Å². The average molecular weight is 346 g/mol. The van der Waals surface area contributed by atoms with E-state index in [4.69, 9.17) is 14.5 Å². The second kappa shape index (κ2) is 7.10. The van der Waals surface area contributed by atoms with E-state index in [1.807, 2.05) is 0 Å². The fraction of sp³-hybridized carbons (Fsp3) is 0.800. The van der Waals surface area contributed by atoms with Gasteiger partial charge in [0.25, 0.3) is 0 Å². The van der Waals surface area contributed by atoms with Crippen LogP contribution in [0, 0.1) is 5.92 Å². The van der Waals surface area contributed by atoms with Gasteiger partial charge < -0.3 is 14.4 Å². The molecule has 2 heterocycles. The van der Waals surface area contributed by atoms with E-state index in [9.17, 15) is 4.79 Å². The van der Waals surface area contributed by atoms with Crippen LogP contribution in [0.3, 0.4) is 0 Å². The molecule has 2 fully saturated rings. The number of aliphatic imine (C=N–C) groups is 1. The van der Waals surface area contributed by atoms with Gasteiger partial charge in [-0.2, -0.15) is 0 Å². The second-order valence-corrected chi connectivity index (χ2v) is 7.82. The quantitative estimate of drug-likeness (QED) is 0.734. The molecule has 0 amide bonds. The Morgan fingerprint density at radius 3 is 2.64 bits per heavy atom. The Balaban J connectivity index is 1.47. The third-order valence-electron chi connectivity index (χ3n) is 6.45. The van der Waals surface area contributed by atoms with Crippen LogP contribution >= 0.6 is 0 Å². The van der Waals surface area contributed by atoms with Gasteiger partial charge in [-0.25, -0.2) is 9.79 Å². The van der Waals surface area contributed by atoms with Crippen molar-refractivity contribution in [2.45, 2.75) is 83.1 Å². The van der Waals surface area contributed by atoms with Gasteiger partial charge in [-0.3, -0.25) is 0 Å². The molecular weight excluding hydrogens is 316 g/mol. The Labute approximate surface area is 150 Å². The zero-order valence-corrected chi connectivity index (χ0v) is 15.4. The maximum absolute atomic E-state index is 12.6. The van der Waals surface area contributed by atoms with Gasteiger partial charge in [0.1, 0.15) is 17.8 Å². The lowest BCUT2D eigenvalue weighted by atomic mass is 9.80. The van der Waals surface area contributed by atoms with Crippen molar-refractivity contribution in [1.82, 2.24) is 4.90 Å². The van der Waals surface area contributed by atoms with Gasteiger partial charge in [0, 0.05) is 18.4 Å². The molecule has 2 aliphatic carbocycles. The number of nitrogens with zero attached hydrogens (tertiary/aromatic N) is 2. The number of hydrogen-bond acceptors (Lipinski definition) is 5. The van der Waals surface area contributed by atoms with Gasteiger partial charge in [-0.15, -0.1) is 0 Å². The molecule has 4 aliphatic rings. The second-order valence-electron chi connectivity index (χ2n) is 7.82. The van der Waals surface area contributed by atoms with E-state index in [2.05, 4.69) is 24.8 Å². The molecule has 5 atom stereocenters. The standard InChI is InChI=1S/C20H30N2O3/c1-3-22(4-2)14-10-9-13-11-15(20(23)25-18(13)12-14)19-21-16-7-5-6-8-17(16)24-19/h11,13-14,16-18H,3-10,12H2,1-2H3. The molecule has 0 aromatic heterocycles. The van der Waals surface area contributed by atoms with E-state index < -0.39 is 0 Å².